The van der Waals surface area contributed by atoms with Gasteiger partial charge >= 0.3 is 11.9 Å². The van der Waals surface area contributed by atoms with Crippen LogP contribution in [0.1, 0.15) is 61.3 Å². The molecule has 0 bridgehead atoms. The Balaban J connectivity index is 2.89. The summed E-state index contributed by atoms with van der Waals surface area (Å²) in [7, 11) is 2.54. The summed E-state index contributed by atoms with van der Waals surface area (Å²) < 4.78 is 15.1. The molecule has 6 nitrogen and oxygen atoms in total. The number of carbonyl (C=O) groups is 2. The van der Waals surface area contributed by atoms with Crippen molar-refractivity contribution in [2.45, 2.75) is 39.4 Å². The van der Waals surface area contributed by atoms with Gasteiger partial charge in [0.25, 0.3) is 0 Å². The van der Waals surface area contributed by atoms with Crippen molar-refractivity contribution >= 4 is 29.4 Å². The largest absolute Gasteiger partial charge is 0.465 e. The molecule has 1 aromatic rings. The fraction of sp³-hybridized carbons (Fsp3) is 0.529. The molecule has 1 aliphatic rings. The standard InChI is InChI=1S/C17H23NO5S/c1-8-18-9(2)10(3)24-17(4,5)14-12(18)11(15(19)21-6)13(23-14)16(20)22-7/h8H2,1-7H3. The van der Waals surface area contributed by atoms with Crippen molar-refractivity contribution in [1.82, 2.24) is 0 Å². The normalized spacial score (nSPS) is 16.5. The van der Waals surface area contributed by atoms with Crippen LogP contribution >= 0.6 is 11.8 Å². The number of hydrogen-bond acceptors (Lipinski definition) is 7. The van der Waals surface area contributed by atoms with E-state index in [1.165, 1.54) is 14.2 Å². The van der Waals surface area contributed by atoms with E-state index in [0.717, 1.165) is 10.6 Å². The molecule has 0 fully saturated rings. The third kappa shape index (κ3) is 2.81. The molecule has 2 heterocycles. The highest BCUT2D eigenvalue weighted by molar-refractivity contribution is 8.03. The van der Waals surface area contributed by atoms with Gasteiger partial charge in [-0.2, -0.15) is 0 Å². The summed E-state index contributed by atoms with van der Waals surface area (Å²) in [6.07, 6.45) is 0. The molecule has 0 saturated heterocycles. The number of methoxy groups -OCH3 is 2. The van der Waals surface area contributed by atoms with Crippen LogP contribution in [0.3, 0.4) is 0 Å². The number of carbonyl (C=O) groups excluding carboxylic acids is 2. The summed E-state index contributed by atoms with van der Waals surface area (Å²) in [5, 5.41) is 0. The van der Waals surface area contributed by atoms with Crippen molar-refractivity contribution in [2.24, 2.45) is 0 Å². The minimum atomic E-state index is -0.696. The number of allylic oxidation sites excluding steroid dienone is 2. The SMILES string of the molecule is CCN1C(C)=C(C)SC(C)(C)c2oc(C(=O)OC)c(C(=O)OC)c21. The van der Waals surface area contributed by atoms with E-state index in [0.29, 0.717) is 18.0 Å². The summed E-state index contributed by atoms with van der Waals surface area (Å²) in [6, 6.07) is 0. The average molecular weight is 353 g/mol. The number of thioether (sulfide) groups is 1. The van der Waals surface area contributed by atoms with Gasteiger partial charge < -0.3 is 18.8 Å². The molecule has 0 saturated carbocycles. The van der Waals surface area contributed by atoms with E-state index in [2.05, 4.69) is 0 Å². The van der Waals surface area contributed by atoms with Gasteiger partial charge in [-0.25, -0.2) is 9.59 Å². The van der Waals surface area contributed by atoms with Gasteiger partial charge in [0.2, 0.25) is 5.76 Å². The zero-order valence-corrected chi connectivity index (χ0v) is 15.9. The summed E-state index contributed by atoms with van der Waals surface area (Å²) in [5.74, 6) is -0.870. The lowest BCUT2D eigenvalue weighted by Crippen LogP contribution is -2.24. The first-order valence-electron chi connectivity index (χ1n) is 7.67. The van der Waals surface area contributed by atoms with E-state index in [9.17, 15) is 9.59 Å². The highest BCUT2D eigenvalue weighted by atomic mass is 32.2. The number of esters is 2. The van der Waals surface area contributed by atoms with Gasteiger partial charge in [-0.15, -0.1) is 11.8 Å². The first-order valence-corrected chi connectivity index (χ1v) is 8.49. The monoisotopic (exact) mass is 353 g/mol. The Morgan fingerprint density at radius 3 is 2.25 bits per heavy atom. The van der Waals surface area contributed by atoms with E-state index in [1.807, 2.05) is 39.5 Å². The molecule has 24 heavy (non-hydrogen) atoms. The van der Waals surface area contributed by atoms with E-state index >= 15 is 0 Å². The number of furan rings is 1. The molecule has 0 radical (unpaired) electrons. The summed E-state index contributed by atoms with van der Waals surface area (Å²) >= 11 is 1.63. The topological polar surface area (TPSA) is 69.0 Å². The number of rotatable bonds is 3. The third-order valence-electron chi connectivity index (χ3n) is 4.10. The maximum Gasteiger partial charge on any atom is 0.374 e. The highest BCUT2D eigenvalue weighted by Gasteiger charge is 2.42. The molecule has 132 valence electrons. The molecule has 0 unspecified atom stereocenters. The van der Waals surface area contributed by atoms with Crippen molar-refractivity contribution in [3.63, 3.8) is 0 Å². The lowest BCUT2D eigenvalue weighted by Gasteiger charge is -2.24. The molecule has 0 aliphatic carbocycles. The first kappa shape index (κ1) is 18.4. The van der Waals surface area contributed by atoms with Crippen LogP contribution in [-0.4, -0.2) is 32.7 Å². The molecule has 0 atom stereocenters. The number of ether oxygens (including phenoxy) is 2. The molecule has 0 spiro atoms. The Hall–Kier alpha value is -1.89. The Kier molecular flexibility index (Phi) is 5.03. The molecule has 1 aromatic heterocycles. The van der Waals surface area contributed by atoms with Crippen molar-refractivity contribution in [2.75, 3.05) is 25.7 Å². The molecular weight excluding hydrogens is 330 g/mol. The van der Waals surface area contributed by atoms with Gasteiger partial charge in [0.05, 0.1) is 19.0 Å². The minimum Gasteiger partial charge on any atom is -0.465 e. The molecule has 1 aliphatic heterocycles. The zero-order chi connectivity index (χ0) is 18.2. The fourth-order valence-corrected chi connectivity index (χ4v) is 4.13. The van der Waals surface area contributed by atoms with Crippen molar-refractivity contribution in [3.8, 4) is 0 Å². The van der Waals surface area contributed by atoms with Crippen LogP contribution in [0.2, 0.25) is 0 Å². The summed E-state index contributed by atoms with van der Waals surface area (Å²) in [5.41, 5.74) is 1.71. The maximum absolute atomic E-state index is 12.4. The predicted molar refractivity (Wildman–Crippen MR) is 93.4 cm³/mol. The van der Waals surface area contributed by atoms with Crippen LogP contribution in [0.4, 0.5) is 5.69 Å². The number of anilines is 1. The van der Waals surface area contributed by atoms with Crippen molar-refractivity contribution in [1.29, 1.82) is 0 Å². The quantitative estimate of drug-likeness (QED) is 0.763. The Bertz CT molecular complexity index is 717. The van der Waals surface area contributed by atoms with E-state index in [1.54, 1.807) is 11.8 Å². The smallest absolute Gasteiger partial charge is 0.374 e. The summed E-state index contributed by atoms with van der Waals surface area (Å²) in [6.45, 7) is 10.6. The molecule has 0 amide bonds. The third-order valence-corrected chi connectivity index (χ3v) is 5.40. The van der Waals surface area contributed by atoms with Gasteiger partial charge in [0.15, 0.2) is 0 Å². The lowest BCUT2D eigenvalue weighted by molar-refractivity contribution is 0.0527. The van der Waals surface area contributed by atoms with Gasteiger partial charge in [0, 0.05) is 17.1 Å². The molecular formula is C17H23NO5S. The second-order valence-electron chi connectivity index (χ2n) is 5.97. The van der Waals surface area contributed by atoms with Crippen LogP contribution in [-0.2, 0) is 14.2 Å². The number of fused-ring (bicyclic) bond motifs is 1. The highest BCUT2D eigenvalue weighted by Crippen LogP contribution is 2.51. The van der Waals surface area contributed by atoms with Crippen LogP contribution in [0.5, 0.6) is 0 Å². The maximum atomic E-state index is 12.4. The van der Waals surface area contributed by atoms with Crippen molar-refractivity contribution in [3.05, 3.63) is 27.7 Å². The fourth-order valence-electron chi connectivity index (χ4n) is 2.87. The predicted octanol–water partition coefficient (Wildman–Crippen LogP) is 3.91. The van der Waals surface area contributed by atoms with Crippen LogP contribution < -0.4 is 4.90 Å². The van der Waals surface area contributed by atoms with Crippen LogP contribution in [0.15, 0.2) is 15.0 Å². The van der Waals surface area contributed by atoms with Crippen LogP contribution in [0, 0.1) is 0 Å². The summed E-state index contributed by atoms with van der Waals surface area (Å²) in [4.78, 5) is 27.7. The first-order chi connectivity index (χ1) is 11.2. The molecule has 0 N–H and O–H groups in total. The second-order valence-corrected chi connectivity index (χ2v) is 7.80. The van der Waals surface area contributed by atoms with Crippen molar-refractivity contribution < 1.29 is 23.5 Å². The minimum absolute atomic E-state index is 0.115. The Morgan fingerprint density at radius 2 is 1.75 bits per heavy atom. The second kappa shape index (κ2) is 6.55. The van der Waals surface area contributed by atoms with Gasteiger partial charge in [-0.3, -0.25) is 0 Å². The Morgan fingerprint density at radius 1 is 1.17 bits per heavy atom. The number of nitrogens with zero attached hydrogens (tertiary/aromatic N) is 1. The number of hydrogen-bond donors (Lipinski definition) is 0. The lowest BCUT2D eigenvalue weighted by atomic mass is 10.0. The van der Waals surface area contributed by atoms with E-state index in [4.69, 9.17) is 13.9 Å². The zero-order valence-electron chi connectivity index (χ0n) is 15.1. The Labute approximate surface area is 146 Å². The molecule has 2 rings (SSSR count). The average Bonchev–Trinajstić information content (AvgIpc) is 2.91. The molecule has 0 aromatic carbocycles. The van der Waals surface area contributed by atoms with E-state index in [-0.39, 0.29) is 11.3 Å². The van der Waals surface area contributed by atoms with Gasteiger partial charge in [0.1, 0.15) is 17.0 Å². The van der Waals surface area contributed by atoms with Crippen LogP contribution in [0.25, 0.3) is 0 Å². The van der Waals surface area contributed by atoms with E-state index < -0.39 is 16.7 Å². The molecule has 7 heteroatoms. The van der Waals surface area contributed by atoms with Gasteiger partial charge in [-0.05, 0) is 34.6 Å². The van der Waals surface area contributed by atoms with Gasteiger partial charge in [-0.1, -0.05) is 0 Å².